The molecule has 0 saturated heterocycles. The van der Waals surface area contributed by atoms with Crippen LogP contribution in [0.1, 0.15) is 39.2 Å². The molecule has 0 amide bonds. The molecule has 0 aromatic heterocycles. The number of hydrogen-bond donors (Lipinski definition) is 1. The van der Waals surface area contributed by atoms with Crippen molar-refractivity contribution in [1.82, 2.24) is 0 Å². The molecule has 0 aliphatic carbocycles. The minimum atomic E-state index is 0.432. The van der Waals surface area contributed by atoms with Gasteiger partial charge in [0.05, 0.1) is 0 Å². The summed E-state index contributed by atoms with van der Waals surface area (Å²) in [5.41, 5.74) is 7.81. The molecule has 0 heterocycles. The highest BCUT2D eigenvalue weighted by molar-refractivity contribution is 9.10. The lowest BCUT2D eigenvalue weighted by molar-refractivity contribution is 0.486. The van der Waals surface area contributed by atoms with Gasteiger partial charge in [0.1, 0.15) is 4.99 Å². The molecule has 0 unspecified atom stereocenters. The molecule has 0 aliphatic rings. The van der Waals surface area contributed by atoms with Crippen LogP contribution in [-0.4, -0.2) is 18.1 Å². The first-order valence-electron chi connectivity index (χ1n) is 6.87. The van der Waals surface area contributed by atoms with Gasteiger partial charge in [-0.1, -0.05) is 38.9 Å². The fraction of sp³-hybridized carbons (Fsp3) is 0.533. The van der Waals surface area contributed by atoms with Gasteiger partial charge in [-0.15, -0.1) is 0 Å². The molecule has 0 spiro atoms. The van der Waals surface area contributed by atoms with Crippen molar-refractivity contribution in [2.75, 3.05) is 18.0 Å². The second kappa shape index (κ2) is 7.85. The van der Waals surface area contributed by atoms with E-state index in [2.05, 4.69) is 53.7 Å². The number of benzene rings is 1. The highest BCUT2D eigenvalue weighted by Gasteiger charge is 2.12. The van der Waals surface area contributed by atoms with Gasteiger partial charge in [0, 0.05) is 28.8 Å². The summed E-state index contributed by atoms with van der Waals surface area (Å²) in [6.07, 6.45) is 2.44. The zero-order chi connectivity index (χ0) is 14.4. The Morgan fingerprint density at radius 1 is 1.32 bits per heavy atom. The maximum absolute atomic E-state index is 5.68. The first-order chi connectivity index (χ1) is 9.03. The lowest BCUT2D eigenvalue weighted by Gasteiger charge is -2.28. The average molecular weight is 343 g/mol. The summed E-state index contributed by atoms with van der Waals surface area (Å²) in [5, 5.41) is 0. The zero-order valence-electron chi connectivity index (χ0n) is 11.9. The molecule has 0 atom stereocenters. The van der Waals surface area contributed by atoms with Gasteiger partial charge < -0.3 is 10.6 Å². The van der Waals surface area contributed by atoms with Crippen LogP contribution < -0.4 is 10.6 Å². The van der Waals surface area contributed by atoms with E-state index in [1.165, 1.54) is 18.5 Å². The van der Waals surface area contributed by atoms with Crippen LogP contribution in [0.2, 0.25) is 0 Å². The summed E-state index contributed by atoms with van der Waals surface area (Å²) in [7, 11) is 0. The highest BCUT2D eigenvalue weighted by atomic mass is 79.9. The summed E-state index contributed by atoms with van der Waals surface area (Å²) in [6, 6.07) is 6.21. The fourth-order valence-electron chi connectivity index (χ4n) is 2.18. The van der Waals surface area contributed by atoms with Crippen LogP contribution in [0, 0.1) is 5.92 Å². The van der Waals surface area contributed by atoms with Crippen molar-refractivity contribution in [2.24, 2.45) is 11.7 Å². The van der Waals surface area contributed by atoms with Gasteiger partial charge in [0.25, 0.3) is 0 Å². The Bertz CT molecular complexity index is 430. The maximum atomic E-state index is 5.68. The molecule has 2 nitrogen and oxygen atoms in total. The van der Waals surface area contributed by atoms with Crippen molar-refractivity contribution in [1.29, 1.82) is 0 Å². The average Bonchev–Trinajstić information content (AvgIpc) is 2.39. The third kappa shape index (κ3) is 4.46. The minimum absolute atomic E-state index is 0.432. The van der Waals surface area contributed by atoms with Crippen LogP contribution in [0.15, 0.2) is 22.7 Å². The number of nitrogens with two attached hydrogens (primary N) is 1. The van der Waals surface area contributed by atoms with Crippen LogP contribution in [-0.2, 0) is 0 Å². The van der Waals surface area contributed by atoms with Crippen molar-refractivity contribution in [3.8, 4) is 0 Å². The molecule has 4 heteroatoms. The highest BCUT2D eigenvalue weighted by Crippen LogP contribution is 2.25. The second-order valence-corrected chi connectivity index (χ2v) is 6.04. The van der Waals surface area contributed by atoms with E-state index in [1.807, 2.05) is 6.07 Å². The Hall–Kier alpha value is -0.610. The molecule has 0 saturated carbocycles. The van der Waals surface area contributed by atoms with E-state index >= 15 is 0 Å². The number of anilines is 1. The van der Waals surface area contributed by atoms with Gasteiger partial charge in [0.15, 0.2) is 0 Å². The molecule has 2 N–H and O–H groups in total. The smallest absolute Gasteiger partial charge is 0.105 e. The number of nitrogens with zero attached hydrogens (tertiary/aromatic N) is 1. The van der Waals surface area contributed by atoms with Gasteiger partial charge in [-0.25, -0.2) is 0 Å². The molecule has 1 rings (SSSR count). The Morgan fingerprint density at radius 3 is 2.37 bits per heavy atom. The van der Waals surface area contributed by atoms with Crippen molar-refractivity contribution in [2.45, 2.75) is 33.6 Å². The molecule has 0 radical (unpaired) electrons. The molecular weight excluding hydrogens is 320 g/mol. The summed E-state index contributed by atoms with van der Waals surface area (Å²) >= 11 is 8.58. The topological polar surface area (TPSA) is 29.3 Å². The molecule has 1 aromatic carbocycles. The van der Waals surface area contributed by atoms with Gasteiger partial charge in [-0.2, -0.15) is 0 Å². The molecule has 1 aromatic rings. The molecule has 0 bridgehead atoms. The van der Waals surface area contributed by atoms with Gasteiger partial charge >= 0.3 is 0 Å². The van der Waals surface area contributed by atoms with Crippen LogP contribution in [0.4, 0.5) is 5.69 Å². The molecule has 0 fully saturated rings. The van der Waals surface area contributed by atoms with E-state index in [4.69, 9.17) is 18.0 Å². The lowest BCUT2D eigenvalue weighted by Crippen LogP contribution is -2.29. The van der Waals surface area contributed by atoms with E-state index in [1.54, 1.807) is 0 Å². The quantitative estimate of drug-likeness (QED) is 0.747. The van der Waals surface area contributed by atoms with Crippen molar-refractivity contribution < 1.29 is 0 Å². The van der Waals surface area contributed by atoms with E-state index in [9.17, 15) is 0 Å². The third-order valence-electron chi connectivity index (χ3n) is 3.60. The zero-order valence-corrected chi connectivity index (χ0v) is 14.4. The maximum Gasteiger partial charge on any atom is 0.105 e. The predicted octanol–water partition coefficient (Wildman–Crippen LogP) is 4.35. The normalized spacial score (nSPS) is 10.8. The first-order valence-corrected chi connectivity index (χ1v) is 8.07. The summed E-state index contributed by atoms with van der Waals surface area (Å²) in [5.74, 6) is 0.744. The Kier molecular flexibility index (Phi) is 6.80. The van der Waals surface area contributed by atoms with Crippen LogP contribution in [0.25, 0.3) is 0 Å². The lowest BCUT2D eigenvalue weighted by atomic mass is 10.0. The van der Waals surface area contributed by atoms with Crippen molar-refractivity contribution in [3.05, 3.63) is 28.2 Å². The number of rotatable bonds is 7. The number of thiocarbonyl (C=S) groups is 1. The summed E-state index contributed by atoms with van der Waals surface area (Å²) in [4.78, 5) is 2.84. The SMILES string of the molecule is CCC(CC)CN(CC)c1ccc(C(N)=S)c(Br)c1. The Balaban J connectivity index is 2.93. The van der Waals surface area contributed by atoms with Crippen LogP contribution in [0.5, 0.6) is 0 Å². The second-order valence-electron chi connectivity index (χ2n) is 4.75. The van der Waals surface area contributed by atoms with E-state index in [0.717, 1.165) is 29.0 Å². The third-order valence-corrected chi connectivity index (χ3v) is 4.47. The van der Waals surface area contributed by atoms with Gasteiger partial charge in [-0.05, 0) is 47.0 Å². The largest absolute Gasteiger partial charge is 0.389 e. The van der Waals surface area contributed by atoms with Crippen molar-refractivity contribution >= 4 is 38.8 Å². The van der Waals surface area contributed by atoms with Crippen LogP contribution >= 0.6 is 28.1 Å². The first kappa shape index (κ1) is 16.4. The molecule has 0 aliphatic heterocycles. The number of halogens is 1. The van der Waals surface area contributed by atoms with E-state index in [-0.39, 0.29) is 0 Å². The predicted molar refractivity (Wildman–Crippen MR) is 92.0 cm³/mol. The number of hydrogen-bond acceptors (Lipinski definition) is 2. The van der Waals surface area contributed by atoms with Gasteiger partial charge in [0.2, 0.25) is 0 Å². The molecule has 19 heavy (non-hydrogen) atoms. The molecule has 106 valence electrons. The van der Waals surface area contributed by atoms with Gasteiger partial charge in [-0.3, -0.25) is 0 Å². The molecular formula is C15H23BrN2S. The van der Waals surface area contributed by atoms with Crippen molar-refractivity contribution in [3.63, 3.8) is 0 Å². The van der Waals surface area contributed by atoms with Crippen LogP contribution in [0.3, 0.4) is 0 Å². The Labute approximate surface area is 130 Å². The summed E-state index contributed by atoms with van der Waals surface area (Å²) < 4.78 is 0.973. The monoisotopic (exact) mass is 342 g/mol. The standard InChI is InChI=1S/C15H23BrN2S/c1-4-11(5-2)10-18(6-3)12-7-8-13(15(17)19)14(16)9-12/h7-9,11H,4-6,10H2,1-3H3,(H2,17,19). The van der Waals surface area contributed by atoms with E-state index < -0.39 is 0 Å². The fourth-order valence-corrected chi connectivity index (χ4v) is 3.07. The summed E-state index contributed by atoms with van der Waals surface area (Å²) in [6.45, 7) is 8.82. The Morgan fingerprint density at radius 2 is 1.95 bits per heavy atom. The van der Waals surface area contributed by atoms with E-state index in [0.29, 0.717) is 4.99 Å². The minimum Gasteiger partial charge on any atom is -0.389 e.